The minimum Gasteiger partial charge on any atom is -0.496 e. The molecule has 2 saturated heterocycles. The van der Waals surface area contributed by atoms with E-state index >= 15 is 0 Å². The summed E-state index contributed by atoms with van der Waals surface area (Å²) in [6.07, 6.45) is 2.33. The maximum atomic E-state index is 12.9. The molecule has 28 heavy (non-hydrogen) atoms. The van der Waals surface area contributed by atoms with E-state index in [9.17, 15) is 9.59 Å². The molecule has 2 heterocycles. The third-order valence-corrected chi connectivity index (χ3v) is 6.12. The molecule has 8 heteroatoms. The van der Waals surface area contributed by atoms with Crippen molar-refractivity contribution >= 4 is 35.8 Å². The monoisotopic (exact) mass is 429 g/mol. The lowest BCUT2D eigenvalue weighted by atomic mass is 9.90. The topological polar surface area (TPSA) is 75.9 Å². The van der Waals surface area contributed by atoms with Crippen LogP contribution >= 0.6 is 24.0 Å². The Bertz CT molecular complexity index is 723. The highest BCUT2D eigenvalue weighted by atomic mass is 35.5. The number of ether oxygens (including phenoxy) is 1. The van der Waals surface area contributed by atoms with Gasteiger partial charge in [0.2, 0.25) is 5.91 Å². The van der Waals surface area contributed by atoms with Crippen LogP contribution in [-0.4, -0.2) is 61.4 Å². The van der Waals surface area contributed by atoms with E-state index in [2.05, 4.69) is 6.92 Å². The van der Waals surface area contributed by atoms with Gasteiger partial charge in [-0.1, -0.05) is 18.5 Å². The summed E-state index contributed by atoms with van der Waals surface area (Å²) in [5.41, 5.74) is 6.35. The molecule has 0 saturated carbocycles. The van der Waals surface area contributed by atoms with Crippen LogP contribution in [0.15, 0.2) is 18.2 Å². The van der Waals surface area contributed by atoms with Gasteiger partial charge >= 0.3 is 0 Å². The zero-order valence-electron chi connectivity index (χ0n) is 16.4. The van der Waals surface area contributed by atoms with Crippen LogP contribution < -0.4 is 10.5 Å². The van der Waals surface area contributed by atoms with Crippen molar-refractivity contribution in [2.24, 2.45) is 17.1 Å². The van der Waals surface area contributed by atoms with Gasteiger partial charge in [0.05, 0.1) is 12.7 Å². The van der Waals surface area contributed by atoms with E-state index in [4.69, 9.17) is 22.1 Å². The first kappa shape index (κ1) is 22.8. The van der Waals surface area contributed by atoms with Gasteiger partial charge in [0, 0.05) is 37.1 Å². The molecule has 6 nitrogen and oxygen atoms in total. The number of likely N-dealkylation sites (tertiary alicyclic amines) is 2. The fourth-order valence-corrected chi connectivity index (χ4v) is 4.16. The lowest BCUT2D eigenvalue weighted by Crippen LogP contribution is -2.44. The minimum atomic E-state index is -0.0999. The average Bonchev–Trinajstić information content (AvgIpc) is 3.10. The molecule has 2 amide bonds. The Morgan fingerprint density at radius 3 is 2.50 bits per heavy atom. The van der Waals surface area contributed by atoms with Crippen LogP contribution in [0.5, 0.6) is 5.75 Å². The predicted molar refractivity (Wildman–Crippen MR) is 112 cm³/mol. The highest BCUT2D eigenvalue weighted by Crippen LogP contribution is 2.32. The number of hydrogen-bond acceptors (Lipinski definition) is 4. The normalized spacial score (nSPS) is 22.7. The molecule has 3 rings (SSSR count). The number of amides is 2. The highest BCUT2D eigenvalue weighted by Gasteiger charge is 2.38. The van der Waals surface area contributed by atoms with Gasteiger partial charge in [-0.2, -0.15) is 0 Å². The Morgan fingerprint density at radius 2 is 1.93 bits per heavy atom. The van der Waals surface area contributed by atoms with E-state index in [1.54, 1.807) is 23.1 Å². The molecule has 2 N–H and O–H groups in total. The van der Waals surface area contributed by atoms with Crippen LogP contribution in [0.3, 0.4) is 0 Å². The Balaban J connectivity index is 0.00000280. The Labute approximate surface area is 177 Å². The van der Waals surface area contributed by atoms with Gasteiger partial charge in [-0.3, -0.25) is 9.59 Å². The molecular weight excluding hydrogens is 401 g/mol. The number of halogens is 2. The molecule has 0 aliphatic carbocycles. The van der Waals surface area contributed by atoms with Gasteiger partial charge < -0.3 is 20.3 Å². The molecule has 2 aliphatic rings. The van der Waals surface area contributed by atoms with Gasteiger partial charge in [-0.05, 0) is 49.4 Å². The van der Waals surface area contributed by atoms with Crippen molar-refractivity contribution in [3.8, 4) is 5.75 Å². The van der Waals surface area contributed by atoms with Gasteiger partial charge in [-0.15, -0.1) is 12.4 Å². The molecule has 1 unspecified atom stereocenters. The Hall–Kier alpha value is -1.50. The molecule has 0 spiro atoms. The van der Waals surface area contributed by atoms with Crippen LogP contribution in [-0.2, 0) is 4.79 Å². The second kappa shape index (κ2) is 9.33. The van der Waals surface area contributed by atoms with Crippen molar-refractivity contribution in [1.82, 2.24) is 9.80 Å². The second-order valence-electron chi connectivity index (χ2n) is 7.94. The van der Waals surface area contributed by atoms with E-state index in [0.29, 0.717) is 48.8 Å². The molecular formula is C20H29Cl2N3O3. The van der Waals surface area contributed by atoms with Crippen molar-refractivity contribution in [3.63, 3.8) is 0 Å². The highest BCUT2D eigenvalue weighted by molar-refractivity contribution is 6.31. The fraction of sp³-hybridized carbons (Fsp3) is 0.600. The summed E-state index contributed by atoms with van der Waals surface area (Å²) in [4.78, 5) is 29.4. The first-order valence-electron chi connectivity index (χ1n) is 9.48. The van der Waals surface area contributed by atoms with Crippen LogP contribution in [0.2, 0.25) is 5.02 Å². The van der Waals surface area contributed by atoms with Gasteiger partial charge in [0.15, 0.2) is 0 Å². The molecule has 0 aromatic heterocycles. The minimum absolute atomic E-state index is 0. The zero-order chi connectivity index (χ0) is 19.6. The smallest absolute Gasteiger partial charge is 0.257 e. The van der Waals surface area contributed by atoms with Gasteiger partial charge in [-0.25, -0.2) is 0 Å². The van der Waals surface area contributed by atoms with Crippen LogP contribution in [0.1, 0.15) is 36.5 Å². The maximum absolute atomic E-state index is 12.9. The first-order chi connectivity index (χ1) is 12.9. The standard InChI is InChI=1S/C20H28ClN3O3.ClH/c1-20(12-22)7-10-24(13-20)18(25)14-5-8-23(9-6-14)19(26)16-11-15(21)3-4-17(16)27-2;/h3-4,11,14H,5-10,12-13,22H2,1-2H3;1H. The number of nitrogens with two attached hydrogens (primary N) is 1. The van der Waals surface area contributed by atoms with Crippen LogP contribution in [0.25, 0.3) is 0 Å². The number of nitrogens with zero attached hydrogens (tertiary/aromatic N) is 2. The zero-order valence-corrected chi connectivity index (χ0v) is 18.0. The van der Waals surface area contributed by atoms with Crippen molar-refractivity contribution in [2.75, 3.05) is 39.8 Å². The number of hydrogen-bond donors (Lipinski definition) is 1. The van der Waals surface area contributed by atoms with Crippen LogP contribution in [0, 0.1) is 11.3 Å². The number of benzene rings is 1. The van der Waals surface area contributed by atoms with E-state index < -0.39 is 0 Å². The maximum Gasteiger partial charge on any atom is 0.257 e. The van der Waals surface area contributed by atoms with E-state index in [0.717, 1.165) is 19.5 Å². The molecule has 0 radical (unpaired) electrons. The first-order valence-corrected chi connectivity index (χ1v) is 9.86. The lowest BCUT2D eigenvalue weighted by molar-refractivity contribution is -0.136. The fourth-order valence-electron chi connectivity index (χ4n) is 3.98. The van der Waals surface area contributed by atoms with Crippen LogP contribution in [0.4, 0.5) is 0 Å². The molecule has 1 aromatic carbocycles. The summed E-state index contributed by atoms with van der Waals surface area (Å²) in [6.45, 7) is 5.39. The number of carbonyl (C=O) groups excluding carboxylic acids is 2. The number of carbonyl (C=O) groups is 2. The Kier molecular flexibility index (Phi) is 7.59. The van der Waals surface area contributed by atoms with Crippen molar-refractivity contribution in [1.29, 1.82) is 0 Å². The van der Waals surface area contributed by atoms with E-state index in [1.165, 1.54) is 7.11 Å². The second-order valence-corrected chi connectivity index (χ2v) is 8.37. The largest absolute Gasteiger partial charge is 0.496 e. The van der Waals surface area contributed by atoms with Crippen molar-refractivity contribution in [3.05, 3.63) is 28.8 Å². The summed E-state index contributed by atoms with van der Waals surface area (Å²) in [5.74, 6) is 0.605. The summed E-state index contributed by atoms with van der Waals surface area (Å²) in [5, 5.41) is 0.501. The lowest BCUT2D eigenvalue weighted by Gasteiger charge is -2.34. The summed E-state index contributed by atoms with van der Waals surface area (Å²) in [6, 6.07) is 5.04. The summed E-state index contributed by atoms with van der Waals surface area (Å²) in [7, 11) is 1.54. The van der Waals surface area contributed by atoms with Gasteiger partial charge in [0.25, 0.3) is 5.91 Å². The average molecular weight is 430 g/mol. The summed E-state index contributed by atoms with van der Waals surface area (Å²) >= 11 is 6.04. The third-order valence-electron chi connectivity index (χ3n) is 5.89. The van der Waals surface area contributed by atoms with Crippen molar-refractivity contribution in [2.45, 2.75) is 26.2 Å². The van der Waals surface area contributed by atoms with Gasteiger partial charge in [0.1, 0.15) is 5.75 Å². The van der Waals surface area contributed by atoms with E-state index in [1.807, 2.05) is 4.90 Å². The van der Waals surface area contributed by atoms with E-state index in [-0.39, 0.29) is 35.6 Å². The summed E-state index contributed by atoms with van der Waals surface area (Å²) < 4.78 is 5.29. The molecule has 2 aliphatic heterocycles. The SMILES string of the molecule is COc1ccc(Cl)cc1C(=O)N1CCC(C(=O)N2CCC(C)(CN)C2)CC1.Cl. The molecule has 1 aromatic rings. The molecule has 2 fully saturated rings. The number of rotatable bonds is 4. The molecule has 0 bridgehead atoms. The van der Waals surface area contributed by atoms with Crippen molar-refractivity contribution < 1.29 is 14.3 Å². The third kappa shape index (κ3) is 4.73. The Morgan fingerprint density at radius 1 is 1.25 bits per heavy atom. The molecule has 156 valence electrons. The number of methoxy groups -OCH3 is 1. The quantitative estimate of drug-likeness (QED) is 0.797. The number of piperidine rings is 1. The molecule has 1 atom stereocenters. The predicted octanol–water partition coefficient (Wildman–Crippen LogP) is 2.82.